The van der Waals surface area contributed by atoms with Crippen molar-refractivity contribution in [1.29, 1.82) is 0 Å². The van der Waals surface area contributed by atoms with Gasteiger partial charge in [-0.2, -0.15) is 10.5 Å². The number of hydroxylamine groups is 6. The largest absolute Gasteiger partial charge is 0.599 e. The van der Waals surface area contributed by atoms with Crippen molar-refractivity contribution in [3.05, 3.63) is 15.6 Å². The molecule has 1 saturated carbocycles. The molecule has 3 N–H and O–H groups in total. The number of nitrogens with one attached hydrogen (secondary N) is 3. The van der Waals surface area contributed by atoms with Gasteiger partial charge in [-0.25, -0.2) is 10.1 Å². The van der Waals surface area contributed by atoms with Crippen LogP contribution in [-0.4, -0.2) is 30.5 Å². The SMILES string of the molecule is O=CC1CO[NH+]([O-])C2C3[NH+]([O-])O[NH+]([O-])C123. The van der Waals surface area contributed by atoms with E-state index in [4.69, 9.17) is 4.84 Å². The number of carbonyl (C=O) groups excluding carboxylic acids is 1. The summed E-state index contributed by atoms with van der Waals surface area (Å²) in [6.07, 6.45) is 0.555. The lowest BCUT2D eigenvalue weighted by Crippen LogP contribution is -3.28. The van der Waals surface area contributed by atoms with E-state index in [0.717, 1.165) is 0 Å². The summed E-state index contributed by atoms with van der Waals surface area (Å²) >= 11 is 0. The van der Waals surface area contributed by atoms with Gasteiger partial charge in [0.2, 0.25) is 12.1 Å². The molecule has 15 heavy (non-hydrogen) atoms. The topological polar surface area (TPSA) is 118 Å². The van der Waals surface area contributed by atoms with Crippen molar-refractivity contribution in [2.24, 2.45) is 5.92 Å². The first-order chi connectivity index (χ1) is 7.14. The van der Waals surface area contributed by atoms with E-state index in [9.17, 15) is 20.4 Å². The summed E-state index contributed by atoms with van der Waals surface area (Å²) in [6, 6.07) is -1.59. The fraction of sp³-hybridized carbons (Fsp3) is 0.833. The molecule has 1 spiro atoms. The summed E-state index contributed by atoms with van der Waals surface area (Å²) in [7, 11) is 0. The lowest BCUT2D eigenvalue weighted by Gasteiger charge is -2.33. The Kier molecular flexibility index (Phi) is 1.74. The molecular weight excluding hydrogens is 210 g/mol. The monoisotopic (exact) mass is 219 g/mol. The zero-order valence-corrected chi connectivity index (χ0v) is 7.47. The minimum Gasteiger partial charge on any atom is -0.599 e. The van der Waals surface area contributed by atoms with Crippen LogP contribution in [0.4, 0.5) is 0 Å². The number of rotatable bonds is 1. The smallest absolute Gasteiger partial charge is 0.267 e. The quantitative estimate of drug-likeness (QED) is 0.299. The minimum absolute atomic E-state index is 0.141. The standard InChI is InChI=1S/C6H9N3O6/c10-1-3-2-14-7(11)4-5-6(3,4)9(13)15-8(5)12/h1,3-5,7-9H,2H2. The van der Waals surface area contributed by atoms with E-state index < -0.39 is 39.2 Å². The molecule has 2 aliphatic heterocycles. The maximum atomic E-state index is 11.5. The van der Waals surface area contributed by atoms with Crippen LogP contribution in [0.5, 0.6) is 0 Å². The third-order valence-electron chi connectivity index (χ3n) is 3.49. The van der Waals surface area contributed by atoms with E-state index in [1.807, 2.05) is 0 Å². The number of aldehydes is 1. The number of quaternary nitrogens is 3. The Hall–Kier alpha value is -0.650. The fourth-order valence-electron chi connectivity index (χ4n) is 2.73. The van der Waals surface area contributed by atoms with Gasteiger partial charge in [-0.15, -0.1) is 0 Å². The molecule has 1 aliphatic carbocycles. The molecule has 9 heteroatoms. The molecular formula is C6H9N3O6. The highest BCUT2D eigenvalue weighted by Crippen LogP contribution is 2.39. The van der Waals surface area contributed by atoms with Crippen LogP contribution in [0, 0.1) is 21.5 Å². The van der Waals surface area contributed by atoms with Crippen molar-refractivity contribution in [2.45, 2.75) is 17.6 Å². The summed E-state index contributed by atoms with van der Waals surface area (Å²) in [5.41, 5.74) is -1.23. The lowest BCUT2D eigenvalue weighted by atomic mass is 9.98. The second-order valence-corrected chi connectivity index (χ2v) is 3.97. The molecule has 2 heterocycles. The molecule has 9 nitrogen and oxygen atoms in total. The van der Waals surface area contributed by atoms with Crippen LogP contribution in [0.3, 0.4) is 0 Å². The molecule has 0 aromatic heterocycles. The van der Waals surface area contributed by atoms with Crippen molar-refractivity contribution in [3.63, 3.8) is 0 Å². The number of hydrogen-bond acceptors (Lipinski definition) is 6. The molecule has 7 unspecified atom stereocenters. The molecule has 3 aliphatic rings. The van der Waals surface area contributed by atoms with Gasteiger partial charge in [0.25, 0.3) is 5.54 Å². The van der Waals surface area contributed by atoms with Gasteiger partial charge in [0.15, 0.2) is 0 Å². The van der Waals surface area contributed by atoms with E-state index in [-0.39, 0.29) is 6.61 Å². The second-order valence-electron chi connectivity index (χ2n) is 3.97. The molecule has 84 valence electrons. The van der Waals surface area contributed by atoms with Crippen LogP contribution in [0.2, 0.25) is 0 Å². The third kappa shape index (κ3) is 0.874. The van der Waals surface area contributed by atoms with Gasteiger partial charge in [-0.3, -0.25) is 0 Å². The predicted molar refractivity (Wildman–Crippen MR) is 39.9 cm³/mol. The molecule has 3 fully saturated rings. The summed E-state index contributed by atoms with van der Waals surface area (Å²) in [5.74, 6) is -0.746. The molecule has 0 bridgehead atoms. The second kappa shape index (κ2) is 2.72. The average molecular weight is 219 g/mol. The Morgan fingerprint density at radius 3 is 2.60 bits per heavy atom. The van der Waals surface area contributed by atoms with Crippen molar-refractivity contribution in [3.8, 4) is 0 Å². The zero-order valence-electron chi connectivity index (χ0n) is 7.47. The van der Waals surface area contributed by atoms with Crippen LogP contribution in [-0.2, 0) is 14.6 Å². The van der Waals surface area contributed by atoms with Crippen LogP contribution in [0.25, 0.3) is 0 Å². The van der Waals surface area contributed by atoms with Gasteiger partial charge in [-0.1, -0.05) is 0 Å². The highest BCUT2D eigenvalue weighted by atomic mass is 17.1. The Balaban J connectivity index is 1.99. The van der Waals surface area contributed by atoms with Gasteiger partial charge in [0.1, 0.15) is 18.8 Å². The maximum Gasteiger partial charge on any atom is 0.267 e. The lowest BCUT2D eigenvalue weighted by molar-refractivity contribution is -1.30. The summed E-state index contributed by atoms with van der Waals surface area (Å²) in [5, 5.41) is 32.0. The predicted octanol–water partition coefficient (Wildman–Crippen LogP) is -5.76. The molecule has 2 saturated heterocycles. The van der Waals surface area contributed by atoms with E-state index in [1.165, 1.54) is 0 Å². The minimum atomic E-state index is -1.23. The first kappa shape index (κ1) is 9.57. The number of hydrogen-bond donors (Lipinski definition) is 3. The average Bonchev–Trinajstić information content (AvgIpc) is 2.84. The van der Waals surface area contributed by atoms with Gasteiger partial charge >= 0.3 is 0 Å². The van der Waals surface area contributed by atoms with Gasteiger partial charge in [0, 0.05) is 0 Å². The number of carbonyl (C=O) groups is 1. The normalized spacial score (nSPS) is 62.1. The van der Waals surface area contributed by atoms with Crippen LogP contribution in [0.1, 0.15) is 0 Å². The molecule has 3 rings (SSSR count). The summed E-state index contributed by atoms with van der Waals surface area (Å²) < 4.78 is 0. The van der Waals surface area contributed by atoms with Crippen molar-refractivity contribution in [1.82, 2.24) is 0 Å². The number of fused-ring (bicyclic) bond motifs is 1. The highest BCUT2D eigenvalue weighted by molar-refractivity contribution is 5.59. The molecule has 0 aromatic rings. The van der Waals surface area contributed by atoms with Crippen LogP contribution in [0.15, 0.2) is 0 Å². The van der Waals surface area contributed by atoms with Crippen LogP contribution >= 0.6 is 0 Å². The highest BCUT2D eigenvalue weighted by Gasteiger charge is 2.92. The third-order valence-corrected chi connectivity index (χ3v) is 3.49. The fourth-order valence-corrected chi connectivity index (χ4v) is 2.73. The van der Waals surface area contributed by atoms with Gasteiger partial charge < -0.3 is 20.4 Å². The van der Waals surface area contributed by atoms with Gasteiger partial charge in [-0.05, 0) is 4.94 Å². The van der Waals surface area contributed by atoms with E-state index in [0.29, 0.717) is 6.29 Å². The Morgan fingerprint density at radius 1 is 1.27 bits per heavy atom. The molecule has 0 amide bonds. The Bertz CT molecular complexity index is 303. The van der Waals surface area contributed by atoms with E-state index in [1.54, 1.807) is 0 Å². The molecule has 0 radical (unpaired) electrons. The summed E-state index contributed by atoms with van der Waals surface area (Å²) in [6.45, 7) is -0.141. The molecule has 0 aromatic carbocycles. The van der Waals surface area contributed by atoms with E-state index >= 15 is 0 Å². The molecule has 7 atom stereocenters. The van der Waals surface area contributed by atoms with Crippen molar-refractivity contribution < 1.29 is 30.3 Å². The summed E-state index contributed by atoms with van der Waals surface area (Å²) in [4.78, 5) is 19.9. The Labute approximate surface area is 83.3 Å². The van der Waals surface area contributed by atoms with Crippen molar-refractivity contribution >= 4 is 6.29 Å². The van der Waals surface area contributed by atoms with Gasteiger partial charge in [0.05, 0.1) is 0 Å². The van der Waals surface area contributed by atoms with E-state index in [2.05, 4.69) is 4.94 Å². The van der Waals surface area contributed by atoms with Crippen LogP contribution < -0.4 is 15.7 Å². The first-order valence-electron chi connectivity index (χ1n) is 4.52. The maximum absolute atomic E-state index is 11.5. The first-order valence-corrected chi connectivity index (χ1v) is 4.52. The van der Waals surface area contributed by atoms with Crippen molar-refractivity contribution in [2.75, 3.05) is 6.61 Å². The zero-order chi connectivity index (χ0) is 10.8. The Morgan fingerprint density at radius 2 is 1.93 bits per heavy atom.